The van der Waals surface area contributed by atoms with Crippen molar-refractivity contribution in [2.45, 2.75) is 33.4 Å². The minimum atomic E-state index is -0.644. The number of aromatic nitrogens is 2. The quantitative estimate of drug-likeness (QED) is 0.245. The second kappa shape index (κ2) is 11.5. The van der Waals surface area contributed by atoms with E-state index >= 15 is 0 Å². The van der Waals surface area contributed by atoms with Crippen LogP contribution in [0.4, 0.5) is 5.69 Å². The Bertz CT molecular complexity index is 2050. The molecule has 0 spiro atoms. The highest BCUT2D eigenvalue weighted by Crippen LogP contribution is 2.32. The first-order chi connectivity index (χ1) is 20.8. The Hall–Kier alpha value is -4.69. The fourth-order valence-electron chi connectivity index (χ4n) is 5.80. The van der Waals surface area contributed by atoms with Gasteiger partial charge in [-0.1, -0.05) is 72.0 Å². The van der Waals surface area contributed by atoms with Crippen molar-refractivity contribution in [3.8, 4) is 0 Å². The van der Waals surface area contributed by atoms with Gasteiger partial charge in [0, 0.05) is 48.5 Å². The van der Waals surface area contributed by atoms with E-state index < -0.39 is 12.0 Å². The van der Waals surface area contributed by atoms with Crippen molar-refractivity contribution < 1.29 is 9.53 Å². The van der Waals surface area contributed by atoms with Crippen molar-refractivity contribution in [2.75, 3.05) is 25.6 Å². The molecule has 43 heavy (non-hydrogen) atoms. The zero-order valence-corrected chi connectivity index (χ0v) is 25.8. The molecule has 1 aliphatic heterocycles. The summed E-state index contributed by atoms with van der Waals surface area (Å²) >= 11 is 1.35. The molecular weight excluding hydrogens is 556 g/mol. The smallest absolute Gasteiger partial charge is 0.338 e. The van der Waals surface area contributed by atoms with Gasteiger partial charge in [-0.2, -0.15) is 0 Å². The Kier molecular flexibility index (Phi) is 7.62. The topological polar surface area (TPSA) is 68.8 Å². The Balaban J connectivity index is 1.54. The van der Waals surface area contributed by atoms with E-state index in [9.17, 15) is 9.59 Å². The molecule has 2 aromatic heterocycles. The van der Waals surface area contributed by atoms with Gasteiger partial charge < -0.3 is 14.2 Å². The summed E-state index contributed by atoms with van der Waals surface area (Å²) in [6.45, 7) is 6.66. The minimum absolute atomic E-state index is 0.181. The summed E-state index contributed by atoms with van der Waals surface area (Å²) in [7, 11) is 3.95. The largest absolute Gasteiger partial charge is 0.463 e. The lowest BCUT2D eigenvalue weighted by molar-refractivity contribution is -0.139. The van der Waals surface area contributed by atoms with Gasteiger partial charge in [-0.3, -0.25) is 9.36 Å². The van der Waals surface area contributed by atoms with Crippen molar-refractivity contribution in [3.05, 3.63) is 132 Å². The van der Waals surface area contributed by atoms with E-state index in [1.807, 2.05) is 74.5 Å². The number of carbonyl (C=O) groups is 1. The SMILES string of the molecule is CCOC(=O)C1=C(C)N=c2s/c(=C\c3c(C)n(Cc4ccccc4)c4ccccc34)c(=O)n2[C@@H]1c1ccc(N(C)C)cc1. The first-order valence-electron chi connectivity index (χ1n) is 14.4. The average molecular weight is 591 g/mol. The molecule has 0 unspecified atom stereocenters. The molecule has 6 rings (SSSR count). The summed E-state index contributed by atoms with van der Waals surface area (Å²) in [5, 5.41) is 1.08. The Morgan fingerprint density at radius 3 is 2.40 bits per heavy atom. The predicted octanol–water partition coefficient (Wildman–Crippen LogP) is 5.18. The van der Waals surface area contributed by atoms with Gasteiger partial charge in [0.2, 0.25) is 0 Å². The molecule has 7 nitrogen and oxygen atoms in total. The van der Waals surface area contributed by atoms with Crippen LogP contribution in [0.15, 0.2) is 99.9 Å². The van der Waals surface area contributed by atoms with E-state index in [1.165, 1.54) is 16.9 Å². The Morgan fingerprint density at radius 1 is 1.00 bits per heavy atom. The molecule has 0 saturated heterocycles. The molecule has 0 N–H and O–H groups in total. The van der Waals surface area contributed by atoms with E-state index in [2.05, 4.69) is 47.9 Å². The maximum absolute atomic E-state index is 14.2. The monoisotopic (exact) mass is 590 g/mol. The summed E-state index contributed by atoms with van der Waals surface area (Å²) in [5.74, 6) is -0.459. The standard InChI is InChI=1S/C35H34N4O3S/c1-6-42-34(41)31-22(2)36-35-39(32(31)25-16-18-26(19-17-25)37(4)5)33(40)30(43-35)20-28-23(3)38(21-24-12-8-7-9-13-24)29-15-11-10-14-27(28)29/h7-20,32H,6,21H2,1-5H3/b30-20-/t32-/m1/s1. The highest BCUT2D eigenvalue weighted by Gasteiger charge is 2.33. The molecule has 0 fully saturated rings. The second-order valence-corrected chi connectivity index (χ2v) is 11.9. The number of carbonyl (C=O) groups excluding carboxylic acids is 1. The van der Waals surface area contributed by atoms with Crippen LogP contribution in [-0.4, -0.2) is 35.8 Å². The molecule has 1 aliphatic rings. The minimum Gasteiger partial charge on any atom is -0.463 e. The molecule has 3 heterocycles. The highest BCUT2D eigenvalue weighted by molar-refractivity contribution is 7.07. The fourth-order valence-corrected chi connectivity index (χ4v) is 6.83. The van der Waals surface area contributed by atoms with Crippen LogP contribution in [0.3, 0.4) is 0 Å². The predicted molar refractivity (Wildman–Crippen MR) is 173 cm³/mol. The van der Waals surface area contributed by atoms with Gasteiger partial charge in [0.05, 0.1) is 28.5 Å². The maximum Gasteiger partial charge on any atom is 0.338 e. The van der Waals surface area contributed by atoms with Crippen LogP contribution in [0, 0.1) is 6.92 Å². The molecule has 0 radical (unpaired) electrons. The van der Waals surface area contributed by atoms with Gasteiger partial charge in [-0.15, -0.1) is 0 Å². The van der Waals surface area contributed by atoms with Crippen LogP contribution in [0.2, 0.25) is 0 Å². The van der Waals surface area contributed by atoms with Gasteiger partial charge in [0.15, 0.2) is 4.80 Å². The van der Waals surface area contributed by atoms with Gasteiger partial charge in [0.25, 0.3) is 5.56 Å². The molecule has 0 bridgehead atoms. The van der Waals surface area contributed by atoms with Crippen molar-refractivity contribution in [1.29, 1.82) is 0 Å². The van der Waals surface area contributed by atoms with E-state index in [4.69, 9.17) is 9.73 Å². The van der Waals surface area contributed by atoms with Gasteiger partial charge in [-0.05, 0) is 56.2 Å². The van der Waals surface area contributed by atoms with E-state index in [1.54, 1.807) is 11.5 Å². The van der Waals surface area contributed by atoms with Crippen LogP contribution in [0.1, 0.15) is 42.3 Å². The normalized spacial score (nSPS) is 15.0. The molecule has 0 aliphatic carbocycles. The summed E-state index contributed by atoms with van der Waals surface area (Å²) in [5.41, 5.74) is 7.02. The number of anilines is 1. The highest BCUT2D eigenvalue weighted by atomic mass is 32.1. The van der Waals surface area contributed by atoms with E-state index in [-0.39, 0.29) is 12.2 Å². The first-order valence-corrected chi connectivity index (χ1v) is 15.2. The van der Waals surface area contributed by atoms with Crippen molar-refractivity contribution in [1.82, 2.24) is 9.13 Å². The number of thiazole rings is 1. The number of para-hydroxylation sites is 1. The molecule has 0 amide bonds. The number of hydrogen-bond donors (Lipinski definition) is 0. The van der Waals surface area contributed by atoms with Gasteiger partial charge in [-0.25, -0.2) is 9.79 Å². The molecule has 1 atom stereocenters. The molecule has 218 valence electrons. The van der Waals surface area contributed by atoms with Crippen LogP contribution in [-0.2, 0) is 16.1 Å². The van der Waals surface area contributed by atoms with Crippen molar-refractivity contribution in [2.24, 2.45) is 4.99 Å². The zero-order chi connectivity index (χ0) is 30.2. The third-order valence-electron chi connectivity index (χ3n) is 7.98. The van der Waals surface area contributed by atoms with E-state index in [0.29, 0.717) is 20.6 Å². The summed E-state index contributed by atoms with van der Waals surface area (Å²) in [6.07, 6.45) is 1.98. The number of allylic oxidation sites excluding steroid dienone is 1. The van der Waals surface area contributed by atoms with Crippen LogP contribution < -0.4 is 19.8 Å². The lowest BCUT2D eigenvalue weighted by Gasteiger charge is -2.25. The lowest BCUT2D eigenvalue weighted by Crippen LogP contribution is -2.40. The third kappa shape index (κ3) is 5.12. The number of benzene rings is 3. The molecule has 0 saturated carbocycles. The average Bonchev–Trinajstić information content (AvgIpc) is 3.45. The molecular formula is C35H34N4O3S. The van der Waals surface area contributed by atoms with Crippen LogP contribution in [0.5, 0.6) is 0 Å². The number of rotatable bonds is 7. The molecule has 8 heteroatoms. The number of nitrogens with zero attached hydrogens (tertiary/aromatic N) is 4. The van der Waals surface area contributed by atoms with Gasteiger partial charge in [0.1, 0.15) is 0 Å². The van der Waals surface area contributed by atoms with Crippen molar-refractivity contribution in [3.63, 3.8) is 0 Å². The molecule has 5 aromatic rings. The number of esters is 1. The summed E-state index contributed by atoms with van der Waals surface area (Å²) in [6, 6.07) is 26.0. The number of ether oxygens (including phenoxy) is 1. The summed E-state index contributed by atoms with van der Waals surface area (Å²) in [4.78, 5) is 34.8. The second-order valence-electron chi connectivity index (χ2n) is 10.9. The number of fused-ring (bicyclic) bond motifs is 2. The maximum atomic E-state index is 14.2. The third-order valence-corrected chi connectivity index (χ3v) is 8.96. The van der Waals surface area contributed by atoms with Crippen LogP contribution >= 0.6 is 11.3 Å². The Labute approximate surface area is 254 Å². The first kappa shape index (κ1) is 28.4. The molecule has 3 aromatic carbocycles. The zero-order valence-electron chi connectivity index (χ0n) is 25.0. The van der Waals surface area contributed by atoms with Crippen LogP contribution in [0.25, 0.3) is 17.0 Å². The lowest BCUT2D eigenvalue weighted by atomic mass is 9.95. The number of hydrogen-bond acceptors (Lipinski definition) is 6. The van der Waals surface area contributed by atoms with E-state index in [0.717, 1.165) is 40.0 Å². The van der Waals surface area contributed by atoms with Crippen molar-refractivity contribution >= 4 is 40.0 Å². The van der Waals surface area contributed by atoms with Gasteiger partial charge >= 0.3 is 5.97 Å². The Morgan fingerprint density at radius 2 is 1.70 bits per heavy atom. The fraction of sp³-hybridized carbons (Fsp3) is 0.229. The summed E-state index contributed by atoms with van der Waals surface area (Å²) < 4.78 is 9.97.